The molecule has 5 rings (SSSR count). The largest absolute Gasteiger partial charge is 0.493 e. The van der Waals surface area contributed by atoms with Crippen LogP contribution in [0.25, 0.3) is 27.5 Å². The average Bonchev–Trinajstić information content (AvgIpc) is 3.44. The first-order valence-corrected chi connectivity index (χ1v) is 9.73. The second-order valence-electron chi connectivity index (χ2n) is 7.18. The van der Waals surface area contributed by atoms with Crippen molar-refractivity contribution in [3.63, 3.8) is 0 Å². The van der Waals surface area contributed by atoms with E-state index in [4.69, 9.17) is 15.2 Å². The third-order valence-corrected chi connectivity index (χ3v) is 5.16. The third kappa shape index (κ3) is 3.06. The maximum absolute atomic E-state index is 15.4. The van der Waals surface area contributed by atoms with E-state index in [1.165, 1.54) is 24.1 Å². The zero-order valence-electron chi connectivity index (χ0n) is 17.5. The second kappa shape index (κ2) is 7.45. The highest BCUT2D eigenvalue weighted by atomic mass is 19.1. The molecule has 0 amide bonds. The highest BCUT2D eigenvalue weighted by Gasteiger charge is 2.24. The van der Waals surface area contributed by atoms with Gasteiger partial charge in [0.05, 0.1) is 24.2 Å². The van der Waals surface area contributed by atoms with Crippen LogP contribution in [-0.2, 0) is 7.05 Å². The number of nitrogens with two attached hydrogens (primary N) is 1. The van der Waals surface area contributed by atoms with Gasteiger partial charge < -0.3 is 15.2 Å². The van der Waals surface area contributed by atoms with Crippen LogP contribution in [-0.4, -0.2) is 41.5 Å². The van der Waals surface area contributed by atoms with E-state index in [2.05, 4.69) is 25.1 Å². The first-order chi connectivity index (χ1) is 15.5. The Morgan fingerprint density at radius 1 is 1.16 bits per heavy atom. The van der Waals surface area contributed by atoms with Crippen molar-refractivity contribution in [1.29, 1.82) is 0 Å². The maximum atomic E-state index is 15.4. The molecule has 5 aromatic rings. The van der Waals surface area contributed by atoms with Crippen molar-refractivity contribution in [3.05, 3.63) is 54.9 Å². The fourth-order valence-electron chi connectivity index (χ4n) is 3.63. The van der Waals surface area contributed by atoms with Gasteiger partial charge in [-0.1, -0.05) is 0 Å². The quantitative estimate of drug-likeness (QED) is 0.449. The Balaban J connectivity index is 1.74. The summed E-state index contributed by atoms with van der Waals surface area (Å²) in [6, 6.07) is 4.90. The number of ether oxygens (including phenoxy) is 2. The monoisotopic (exact) mass is 434 g/mol. The number of aromatic nitrogens is 7. The maximum Gasteiger partial charge on any atom is 0.191 e. The lowest BCUT2D eigenvalue weighted by Crippen LogP contribution is -2.09. The number of hydrogen-bond donors (Lipinski definition) is 1. The van der Waals surface area contributed by atoms with Gasteiger partial charge in [-0.05, 0) is 25.1 Å². The highest BCUT2D eigenvalue weighted by molar-refractivity contribution is 6.04. The minimum Gasteiger partial charge on any atom is -0.493 e. The Labute approximate surface area is 181 Å². The van der Waals surface area contributed by atoms with E-state index in [0.29, 0.717) is 44.9 Å². The van der Waals surface area contributed by atoms with Crippen LogP contribution in [0.15, 0.2) is 43.2 Å². The Hall–Kier alpha value is -4.28. The molecule has 0 aliphatic carbocycles. The predicted molar refractivity (Wildman–Crippen MR) is 115 cm³/mol. The van der Waals surface area contributed by atoms with Gasteiger partial charge in [0.2, 0.25) is 0 Å². The fraction of sp³-hybridized carbons (Fsp3) is 0.190. The van der Waals surface area contributed by atoms with Gasteiger partial charge in [0, 0.05) is 24.4 Å². The van der Waals surface area contributed by atoms with Crippen molar-refractivity contribution < 1.29 is 13.9 Å². The van der Waals surface area contributed by atoms with E-state index >= 15 is 4.39 Å². The summed E-state index contributed by atoms with van der Waals surface area (Å²) in [7, 11) is 3.27. The second-order valence-corrected chi connectivity index (χ2v) is 7.18. The van der Waals surface area contributed by atoms with Crippen LogP contribution in [0.3, 0.4) is 0 Å². The molecule has 0 saturated heterocycles. The third-order valence-electron chi connectivity index (χ3n) is 5.16. The van der Waals surface area contributed by atoms with Crippen molar-refractivity contribution in [3.8, 4) is 22.6 Å². The normalized spacial score (nSPS) is 12.4. The molecular weight excluding hydrogens is 415 g/mol. The summed E-state index contributed by atoms with van der Waals surface area (Å²) in [5, 5.41) is 8.77. The van der Waals surface area contributed by atoms with Crippen molar-refractivity contribution >= 4 is 22.2 Å². The van der Waals surface area contributed by atoms with Crippen LogP contribution in [0.2, 0.25) is 0 Å². The lowest BCUT2D eigenvalue weighted by Gasteiger charge is -2.19. The molecule has 4 heterocycles. The van der Waals surface area contributed by atoms with Crippen molar-refractivity contribution in [2.75, 3.05) is 12.8 Å². The number of nitrogens with zero attached hydrogens (tertiary/aromatic N) is 7. The SMILES string of the molecule is COc1cc(-c2ccn3nccc3c2F)c2ncnc(N)c2c1O[C@@H](C)c1ncn(C)n1. The van der Waals surface area contributed by atoms with Crippen LogP contribution in [0.5, 0.6) is 11.5 Å². The topological polar surface area (TPSA) is 118 Å². The molecule has 0 saturated carbocycles. The summed E-state index contributed by atoms with van der Waals surface area (Å²) in [6.45, 7) is 1.81. The smallest absolute Gasteiger partial charge is 0.191 e. The number of anilines is 1. The number of benzene rings is 1. The molecule has 32 heavy (non-hydrogen) atoms. The van der Waals surface area contributed by atoms with Gasteiger partial charge in [-0.15, -0.1) is 0 Å². The predicted octanol–water partition coefficient (Wildman–Crippen LogP) is 2.94. The molecule has 0 spiro atoms. The highest BCUT2D eigenvalue weighted by Crippen LogP contribution is 2.45. The summed E-state index contributed by atoms with van der Waals surface area (Å²) < 4.78 is 30.2. The molecule has 1 aromatic carbocycles. The Morgan fingerprint density at radius 2 is 2.00 bits per heavy atom. The van der Waals surface area contributed by atoms with Crippen molar-refractivity contribution in [2.45, 2.75) is 13.0 Å². The van der Waals surface area contributed by atoms with E-state index in [1.807, 2.05) is 6.92 Å². The molecule has 162 valence electrons. The number of nitrogen functional groups attached to an aromatic ring is 1. The molecule has 0 aliphatic rings. The van der Waals surface area contributed by atoms with Gasteiger partial charge in [-0.25, -0.2) is 23.9 Å². The van der Waals surface area contributed by atoms with Crippen LogP contribution in [0.4, 0.5) is 10.2 Å². The Morgan fingerprint density at radius 3 is 2.75 bits per heavy atom. The lowest BCUT2D eigenvalue weighted by molar-refractivity contribution is 0.209. The molecule has 0 unspecified atom stereocenters. The minimum absolute atomic E-state index is 0.178. The number of aryl methyl sites for hydroxylation is 1. The average molecular weight is 434 g/mol. The van der Waals surface area contributed by atoms with E-state index in [-0.39, 0.29) is 5.82 Å². The molecule has 0 radical (unpaired) electrons. The first-order valence-electron chi connectivity index (χ1n) is 9.73. The van der Waals surface area contributed by atoms with Gasteiger partial charge in [0.25, 0.3) is 0 Å². The molecule has 11 heteroatoms. The van der Waals surface area contributed by atoms with E-state index in [0.717, 1.165) is 0 Å². The summed E-state index contributed by atoms with van der Waals surface area (Å²) in [5.74, 6) is 0.904. The standard InChI is InChI=1S/C21H19FN8O2/c1-11(21-26-10-29(2)28-21)32-19-15(31-3)8-13(18-16(19)20(23)25-9-24-18)12-5-7-30-14(17(12)22)4-6-27-30/h4-11H,1-3H3,(H2,23,24,25)/t11-/m0/s1. The zero-order chi connectivity index (χ0) is 22.4. The number of rotatable bonds is 5. The van der Waals surface area contributed by atoms with Crippen LogP contribution in [0, 0.1) is 5.82 Å². The molecular formula is C21H19FN8O2. The van der Waals surface area contributed by atoms with Gasteiger partial charge in [-0.2, -0.15) is 10.2 Å². The molecule has 0 aliphatic heterocycles. The van der Waals surface area contributed by atoms with Crippen LogP contribution < -0.4 is 15.2 Å². The summed E-state index contributed by atoms with van der Waals surface area (Å²) >= 11 is 0. The lowest BCUT2D eigenvalue weighted by atomic mass is 10.0. The minimum atomic E-state index is -0.515. The molecule has 10 nitrogen and oxygen atoms in total. The fourth-order valence-corrected chi connectivity index (χ4v) is 3.63. The number of hydrogen-bond acceptors (Lipinski definition) is 8. The summed E-state index contributed by atoms with van der Waals surface area (Å²) in [4.78, 5) is 12.7. The molecule has 0 fully saturated rings. The molecule has 2 N–H and O–H groups in total. The van der Waals surface area contributed by atoms with E-state index in [9.17, 15) is 0 Å². The Bertz CT molecular complexity index is 1460. The van der Waals surface area contributed by atoms with E-state index in [1.54, 1.807) is 42.5 Å². The van der Waals surface area contributed by atoms with E-state index < -0.39 is 11.9 Å². The van der Waals surface area contributed by atoms with Crippen molar-refractivity contribution in [2.24, 2.45) is 7.05 Å². The first kappa shape index (κ1) is 19.7. The summed E-state index contributed by atoms with van der Waals surface area (Å²) in [6.07, 6.45) is 5.61. The number of pyridine rings is 1. The Kier molecular flexibility index (Phi) is 4.58. The molecule has 1 atom stereocenters. The van der Waals surface area contributed by atoms with Crippen LogP contribution in [0.1, 0.15) is 18.9 Å². The number of halogens is 1. The van der Waals surface area contributed by atoms with Crippen LogP contribution >= 0.6 is 0 Å². The zero-order valence-corrected chi connectivity index (χ0v) is 17.5. The van der Waals surface area contributed by atoms with Gasteiger partial charge >= 0.3 is 0 Å². The van der Waals surface area contributed by atoms with Gasteiger partial charge in [0.15, 0.2) is 29.2 Å². The van der Waals surface area contributed by atoms with Gasteiger partial charge in [0.1, 0.15) is 24.0 Å². The summed E-state index contributed by atoms with van der Waals surface area (Å²) in [5.41, 5.74) is 7.81. The molecule has 0 bridgehead atoms. The number of fused-ring (bicyclic) bond motifs is 2. The van der Waals surface area contributed by atoms with Gasteiger partial charge in [-0.3, -0.25) is 4.68 Å². The number of methoxy groups -OCH3 is 1. The van der Waals surface area contributed by atoms with Crippen molar-refractivity contribution in [1.82, 2.24) is 34.3 Å². The molecule has 4 aromatic heterocycles.